The van der Waals surface area contributed by atoms with Gasteiger partial charge < -0.3 is 21.1 Å². The SMILES string of the molecule is CCCCN(CC(N)=O)c1ccc(N)c(OCC)n1. The van der Waals surface area contributed by atoms with Crippen molar-refractivity contribution in [3.05, 3.63) is 12.1 Å². The van der Waals surface area contributed by atoms with Gasteiger partial charge in [-0.05, 0) is 25.5 Å². The van der Waals surface area contributed by atoms with Crippen LogP contribution in [0.15, 0.2) is 12.1 Å². The lowest BCUT2D eigenvalue weighted by Crippen LogP contribution is -2.35. The predicted molar refractivity (Wildman–Crippen MR) is 76.1 cm³/mol. The van der Waals surface area contributed by atoms with Crippen molar-refractivity contribution < 1.29 is 9.53 Å². The van der Waals surface area contributed by atoms with Gasteiger partial charge in [-0.25, -0.2) is 0 Å². The first-order valence-corrected chi connectivity index (χ1v) is 6.51. The Bertz CT molecular complexity index is 423. The Balaban J connectivity index is 2.93. The van der Waals surface area contributed by atoms with E-state index < -0.39 is 0 Å². The molecule has 1 rings (SSSR count). The molecule has 1 heterocycles. The molecule has 0 atom stereocenters. The first-order chi connectivity index (χ1) is 9.08. The maximum atomic E-state index is 11.1. The normalized spacial score (nSPS) is 10.2. The zero-order chi connectivity index (χ0) is 14.3. The van der Waals surface area contributed by atoms with Crippen LogP contribution in [0, 0.1) is 0 Å². The average Bonchev–Trinajstić information content (AvgIpc) is 2.37. The molecule has 1 amide bonds. The summed E-state index contributed by atoms with van der Waals surface area (Å²) in [5, 5.41) is 0. The fourth-order valence-electron chi connectivity index (χ4n) is 1.68. The van der Waals surface area contributed by atoms with E-state index in [-0.39, 0.29) is 12.5 Å². The number of hydrogen-bond donors (Lipinski definition) is 2. The molecule has 0 fully saturated rings. The van der Waals surface area contributed by atoms with E-state index in [1.807, 2.05) is 11.8 Å². The third kappa shape index (κ3) is 4.65. The van der Waals surface area contributed by atoms with Gasteiger partial charge >= 0.3 is 0 Å². The smallest absolute Gasteiger partial charge is 0.239 e. The monoisotopic (exact) mass is 266 g/mol. The second-order valence-electron chi connectivity index (χ2n) is 4.24. The van der Waals surface area contributed by atoms with E-state index in [2.05, 4.69) is 11.9 Å². The molecule has 4 N–H and O–H groups in total. The molecule has 0 saturated heterocycles. The summed E-state index contributed by atoms with van der Waals surface area (Å²) in [6, 6.07) is 3.50. The second kappa shape index (κ2) is 7.45. The number of carbonyl (C=O) groups excluding carboxylic acids is 1. The fourth-order valence-corrected chi connectivity index (χ4v) is 1.68. The molecule has 6 nitrogen and oxygen atoms in total. The first kappa shape index (κ1) is 15.1. The van der Waals surface area contributed by atoms with Crippen LogP contribution in [0.1, 0.15) is 26.7 Å². The van der Waals surface area contributed by atoms with Gasteiger partial charge in [-0.2, -0.15) is 4.98 Å². The van der Waals surface area contributed by atoms with Crippen LogP contribution >= 0.6 is 0 Å². The van der Waals surface area contributed by atoms with Crippen LogP contribution in [0.3, 0.4) is 0 Å². The summed E-state index contributed by atoms with van der Waals surface area (Å²) in [7, 11) is 0. The highest BCUT2D eigenvalue weighted by Gasteiger charge is 2.12. The number of nitrogen functional groups attached to an aromatic ring is 1. The van der Waals surface area contributed by atoms with Crippen LogP contribution in [-0.4, -0.2) is 30.6 Å². The number of carbonyl (C=O) groups is 1. The van der Waals surface area contributed by atoms with Crippen molar-refractivity contribution in [2.24, 2.45) is 5.73 Å². The lowest BCUT2D eigenvalue weighted by Gasteiger charge is -2.22. The van der Waals surface area contributed by atoms with Gasteiger partial charge in [-0.15, -0.1) is 0 Å². The van der Waals surface area contributed by atoms with Crippen LogP contribution in [-0.2, 0) is 4.79 Å². The number of rotatable bonds is 8. The topological polar surface area (TPSA) is 94.5 Å². The number of amides is 1. The summed E-state index contributed by atoms with van der Waals surface area (Å²) in [6.07, 6.45) is 1.99. The van der Waals surface area contributed by atoms with Gasteiger partial charge in [0.1, 0.15) is 5.82 Å². The predicted octanol–water partition coefficient (Wildman–Crippen LogP) is 1.15. The number of unbranched alkanes of at least 4 members (excludes halogenated alkanes) is 1. The molecular weight excluding hydrogens is 244 g/mol. The van der Waals surface area contributed by atoms with E-state index in [9.17, 15) is 4.79 Å². The highest BCUT2D eigenvalue weighted by atomic mass is 16.5. The van der Waals surface area contributed by atoms with Crippen molar-refractivity contribution in [3.8, 4) is 5.88 Å². The minimum absolute atomic E-state index is 0.141. The summed E-state index contributed by atoms with van der Waals surface area (Å²) in [4.78, 5) is 17.3. The maximum absolute atomic E-state index is 11.1. The third-order valence-corrected chi connectivity index (χ3v) is 2.61. The Morgan fingerprint density at radius 3 is 2.74 bits per heavy atom. The van der Waals surface area contributed by atoms with Crippen LogP contribution in [0.5, 0.6) is 5.88 Å². The lowest BCUT2D eigenvalue weighted by molar-refractivity contribution is -0.116. The highest BCUT2D eigenvalue weighted by Crippen LogP contribution is 2.23. The van der Waals surface area contributed by atoms with Crippen molar-refractivity contribution >= 4 is 17.4 Å². The molecule has 0 bridgehead atoms. The molecule has 106 valence electrons. The molecule has 1 aromatic heterocycles. The number of primary amides is 1. The number of nitrogens with two attached hydrogens (primary N) is 2. The number of hydrogen-bond acceptors (Lipinski definition) is 5. The van der Waals surface area contributed by atoms with E-state index in [0.717, 1.165) is 19.4 Å². The number of nitrogens with zero attached hydrogens (tertiary/aromatic N) is 2. The molecule has 0 spiro atoms. The molecule has 0 unspecified atom stereocenters. The number of anilines is 2. The van der Waals surface area contributed by atoms with E-state index in [0.29, 0.717) is 24.0 Å². The number of ether oxygens (including phenoxy) is 1. The van der Waals surface area contributed by atoms with Gasteiger partial charge in [-0.3, -0.25) is 4.79 Å². The standard InChI is InChI=1S/C13H22N4O2/c1-3-5-8-17(9-11(15)18)12-7-6-10(14)13(16-12)19-4-2/h6-7H,3-5,8-9,14H2,1-2H3,(H2,15,18). The van der Waals surface area contributed by atoms with Crippen LogP contribution in [0.25, 0.3) is 0 Å². The van der Waals surface area contributed by atoms with Crippen LogP contribution < -0.4 is 21.1 Å². The summed E-state index contributed by atoms with van der Waals surface area (Å²) < 4.78 is 5.36. The molecule has 1 aromatic rings. The van der Waals surface area contributed by atoms with E-state index >= 15 is 0 Å². The Labute approximate surface area is 113 Å². The molecular formula is C13H22N4O2. The first-order valence-electron chi connectivity index (χ1n) is 6.51. The van der Waals surface area contributed by atoms with Gasteiger partial charge in [0, 0.05) is 6.54 Å². The van der Waals surface area contributed by atoms with Crippen molar-refractivity contribution in [1.82, 2.24) is 4.98 Å². The second-order valence-corrected chi connectivity index (χ2v) is 4.24. The van der Waals surface area contributed by atoms with Crippen molar-refractivity contribution in [3.63, 3.8) is 0 Å². The largest absolute Gasteiger partial charge is 0.476 e. The minimum Gasteiger partial charge on any atom is -0.476 e. The fraction of sp³-hybridized carbons (Fsp3) is 0.538. The van der Waals surface area contributed by atoms with Crippen molar-refractivity contribution in [2.75, 3.05) is 30.3 Å². The van der Waals surface area contributed by atoms with E-state index in [1.165, 1.54) is 0 Å². The van der Waals surface area contributed by atoms with E-state index in [4.69, 9.17) is 16.2 Å². The van der Waals surface area contributed by atoms with Crippen LogP contribution in [0.2, 0.25) is 0 Å². The van der Waals surface area contributed by atoms with Crippen molar-refractivity contribution in [1.29, 1.82) is 0 Å². The Morgan fingerprint density at radius 1 is 1.42 bits per heavy atom. The van der Waals surface area contributed by atoms with Crippen molar-refractivity contribution in [2.45, 2.75) is 26.7 Å². The Kier molecular flexibility index (Phi) is 5.92. The molecule has 0 saturated carbocycles. The molecule has 0 aliphatic rings. The average molecular weight is 266 g/mol. The maximum Gasteiger partial charge on any atom is 0.239 e. The molecule has 0 aliphatic heterocycles. The summed E-state index contributed by atoms with van der Waals surface area (Å²) >= 11 is 0. The number of pyridine rings is 1. The molecule has 0 radical (unpaired) electrons. The number of aromatic nitrogens is 1. The molecule has 6 heteroatoms. The third-order valence-electron chi connectivity index (χ3n) is 2.61. The summed E-state index contributed by atoms with van der Waals surface area (Å²) in [5.41, 5.74) is 11.5. The quantitative estimate of drug-likeness (QED) is 0.736. The Morgan fingerprint density at radius 2 is 2.16 bits per heavy atom. The van der Waals surface area contributed by atoms with Crippen LogP contribution in [0.4, 0.5) is 11.5 Å². The Hall–Kier alpha value is -1.98. The van der Waals surface area contributed by atoms with Gasteiger partial charge in [0.25, 0.3) is 0 Å². The summed E-state index contributed by atoms with van der Waals surface area (Å²) in [6.45, 7) is 5.31. The lowest BCUT2D eigenvalue weighted by atomic mass is 10.3. The molecule has 19 heavy (non-hydrogen) atoms. The van der Waals surface area contributed by atoms with Gasteiger partial charge in [-0.1, -0.05) is 13.3 Å². The van der Waals surface area contributed by atoms with Gasteiger partial charge in [0.05, 0.1) is 18.8 Å². The highest BCUT2D eigenvalue weighted by molar-refractivity contribution is 5.79. The summed E-state index contributed by atoms with van der Waals surface area (Å²) in [5.74, 6) is 0.670. The zero-order valence-electron chi connectivity index (χ0n) is 11.6. The van der Waals surface area contributed by atoms with E-state index in [1.54, 1.807) is 12.1 Å². The molecule has 0 aromatic carbocycles. The molecule has 0 aliphatic carbocycles. The zero-order valence-corrected chi connectivity index (χ0v) is 11.6. The minimum atomic E-state index is -0.382. The van der Waals surface area contributed by atoms with Gasteiger partial charge in [0.15, 0.2) is 0 Å². The van der Waals surface area contributed by atoms with Gasteiger partial charge in [0.2, 0.25) is 11.8 Å².